The second-order valence-corrected chi connectivity index (χ2v) is 5.40. The van der Waals surface area contributed by atoms with Crippen LogP contribution in [-0.4, -0.2) is 22.9 Å². The van der Waals surface area contributed by atoms with E-state index in [0.29, 0.717) is 12.1 Å². The molecule has 0 bridgehead atoms. The third-order valence-corrected chi connectivity index (χ3v) is 3.58. The minimum atomic E-state index is -0.556. The van der Waals surface area contributed by atoms with Gasteiger partial charge in [0.05, 0.1) is 0 Å². The summed E-state index contributed by atoms with van der Waals surface area (Å²) in [6, 6.07) is 15.6. The molecule has 5 heteroatoms. The van der Waals surface area contributed by atoms with E-state index < -0.39 is 12.2 Å². The highest BCUT2D eigenvalue weighted by molar-refractivity contribution is 5.84. The average molecular weight is 315 g/mol. The average Bonchev–Trinajstić information content (AvgIpc) is 2.55. The van der Waals surface area contributed by atoms with Gasteiger partial charge in [0.15, 0.2) is 0 Å². The van der Waals surface area contributed by atoms with Crippen LogP contribution >= 0.6 is 0 Å². The number of hydrogen-bond acceptors (Lipinski definition) is 4. The first-order valence-corrected chi connectivity index (χ1v) is 7.52. The molecule has 0 aliphatic rings. The summed E-state index contributed by atoms with van der Waals surface area (Å²) in [6.07, 6.45) is -0.560. The molecule has 122 valence electrons. The highest BCUT2D eigenvalue weighted by atomic mass is 16.6. The van der Waals surface area contributed by atoms with Crippen molar-refractivity contribution in [3.8, 4) is 5.75 Å². The topological polar surface area (TPSA) is 78.8 Å². The van der Waals surface area contributed by atoms with Gasteiger partial charge in [0, 0.05) is 12.3 Å². The van der Waals surface area contributed by atoms with Crippen molar-refractivity contribution in [1.29, 1.82) is 0 Å². The molecule has 0 saturated carbocycles. The van der Waals surface area contributed by atoms with Gasteiger partial charge in [-0.2, -0.15) is 0 Å². The highest BCUT2D eigenvalue weighted by Crippen LogP contribution is 2.29. The molecule has 0 unspecified atom stereocenters. The maximum Gasteiger partial charge on any atom is 0.412 e. The first kappa shape index (κ1) is 16.8. The number of hydrogen-bond donors (Lipinski definition) is 3. The van der Waals surface area contributed by atoms with E-state index in [1.165, 1.54) is 0 Å². The number of amides is 1. The number of rotatable bonds is 6. The van der Waals surface area contributed by atoms with Crippen LogP contribution in [0.2, 0.25) is 0 Å². The zero-order valence-corrected chi connectivity index (χ0v) is 13.0. The molecule has 2 rings (SSSR count). The number of aliphatic hydroxyl groups is 1. The Kier molecular flexibility index (Phi) is 6.00. The molecule has 0 spiro atoms. The van der Waals surface area contributed by atoms with Crippen molar-refractivity contribution in [3.05, 3.63) is 60.2 Å². The molecule has 0 radical (unpaired) electrons. The highest BCUT2D eigenvalue weighted by Gasteiger charge is 2.23. The van der Waals surface area contributed by atoms with Crippen LogP contribution in [0.4, 0.5) is 10.5 Å². The van der Waals surface area contributed by atoms with Gasteiger partial charge in [0.25, 0.3) is 0 Å². The van der Waals surface area contributed by atoms with Crippen LogP contribution in [0.1, 0.15) is 25.0 Å². The maximum absolute atomic E-state index is 12.1. The minimum Gasteiger partial charge on any atom is -0.508 e. The molecule has 23 heavy (non-hydrogen) atoms. The summed E-state index contributed by atoms with van der Waals surface area (Å²) in [5.74, 6) is 0.0853. The second kappa shape index (κ2) is 8.19. The molecule has 5 nitrogen and oxygen atoms in total. The molecule has 0 aliphatic carbocycles. The van der Waals surface area contributed by atoms with Gasteiger partial charge in [-0.1, -0.05) is 37.3 Å². The summed E-state index contributed by atoms with van der Waals surface area (Å²) in [5.41, 5.74) is 1.42. The largest absolute Gasteiger partial charge is 0.508 e. The number of aliphatic hydroxyl groups excluding tert-OH is 1. The van der Waals surface area contributed by atoms with E-state index in [1.54, 1.807) is 36.4 Å². The van der Waals surface area contributed by atoms with Crippen molar-refractivity contribution in [2.45, 2.75) is 19.4 Å². The maximum atomic E-state index is 12.1. The summed E-state index contributed by atoms with van der Waals surface area (Å²) in [5, 5.41) is 21.2. The van der Waals surface area contributed by atoms with Crippen LogP contribution in [0.5, 0.6) is 5.75 Å². The lowest BCUT2D eigenvalue weighted by atomic mass is 9.94. The first-order valence-electron chi connectivity index (χ1n) is 7.52. The van der Waals surface area contributed by atoms with Crippen molar-refractivity contribution in [2.24, 2.45) is 5.92 Å². The number of phenols is 1. The minimum absolute atomic E-state index is 0.0133. The van der Waals surface area contributed by atoms with Crippen molar-refractivity contribution in [2.75, 3.05) is 11.9 Å². The van der Waals surface area contributed by atoms with Crippen molar-refractivity contribution >= 4 is 11.8 Å². The number of carbonyl (C=O) groups excluding carboxylic acids is 1. The van der Waals surface area contributed by atoms with Crippen molar-refractivity contribution in [3.63, 3.8) is 0 Å². The Balaban J connectivity index is 2.10. The number of carbonyl (C=O) groups is 1. The Morgan fingerprint density at radius 1 is 1.13 bits per heavy atom. The van der Waals surface area contributed by atoms with E-state index in [9.17, 15) is 9.90 Å². The second-order valence-electron chi connectivity index (χ2n) is 5.40. The zero-order chi connectivity index (χ0) is 16.7. The predicted octanol–water partition coefficient (Wildman–Crippen LogP) is 3.70. The first-order chi connectivity index (χ1) is 11.1. The van der Waals surface area contributed by atoms with Gasteiger partial charge in [-0.15, -0.1) is 0 Å². The zero-order valence-electron chi connectivity index (χ0n) is 13.0. The molecule has 0 saturated heterocycles. The molecule has 1 amide bonds. The molecule has 2 atom stereocenters. The number of phenolic OH excluding ortho intramolecular Hbond substituents is 1. The number of para-hydroxylation sites is 1. The van der Waals surface area contributed by atoms with Crippen LogP contribution in [0.25, 0.3) is 0 Å². The normalized spacial score (nSPS) is 13.1. The fourth-order valence-corrected chi connectivity index (χ4v) is 2.32. The number of ether oxygens (including phenoxy) is 1. The van der Waals surface area contributed by atoms with E-state index >= 15 is 0 Å². The Bertz CT molecular complexity index is 613. The van der Waals surface area contributed by atoms with E-state index in [4.69, 9.17) is 9.84 Å². The molecule has 0 fully saturated rings. The van der Waals surface area contributed by atoms with Crippen LogP contribution in [0.3, 0.4) is 0 Å². The van der Waals surface area contributed by atoms with E-state index in [0.717, 1.165) is 5.56 Å². The lowest BCUT2D eigenvalue weighted by molar-refractivity contribution is 0.0667. The van der Waals surface area contributed by atoms with E-state index in [2.05, 4.69) is 5.32 Å². The third kappa shape index (κ3) is 5.00. The molecule has 0 aromatic heterocycles. The Hall–Kier alpha value is -2.53. The smallest absolute Gasteiger partial charge is 0.412 e. The summed E-state index contributed by atoms with van der Waals surface area (Å²) in [7, 11) is 0. The Morgan fingerprint density at radius 3 is 2.39 bits per heavy atom. The van der Waals surface area contributed by atoms with Crippen LogP contribution < -0.4 is 5.32 Å². The SMILES string of the molecule is C[C@@H](CCO)[C@@H](OC(=O)Nc1ccccc1)c1ccc(O)cc1. The van der Waals surface area contributed by atoms with E-state index in [-0.39, 0.29) is 18.3 Å². The quantitative estimate of drug-likeness (QED) is 0.759. The Labute approximate surface area is 135 Å². The van der Waals surface area contributed by atoms with Crippen molar-refractivity contribution in [1.82, 2.24) is 0 Å². The molecule has 2 aromatic carbocycles. The monoisotopic (exact) mass is 315 g/mol. The van der Waals surface area contributed by atoms with Gasteiger partial charge >= 0.3 is 6.09 Å². The van der Waals surface area contributed by atoms with Gasteiger partial charge in [-0.25, -0.2) is 4.79 Å². The lowest BCUT2D eigenvalue weighted by Crippen LogP contribution is -2.22. The van der Waals surface area contributed by atoms with Gasteiger partial charge < -0.3 is 14.9 Å². The lowest BCUT2D eigenvalue weighted by Gasteiger charge is -2.24. The standard InChI is InChI=1S/C18H21NO4/c1-13(11-12-20)17(14-7-9-16(21)10-8-14)23-18(22)19-15-5-3-2-4-6-15/h2-10,13,17,20-21H,11-12H2,1H3,(H,19,22)/t13-,17+/m0/s1. The van der Waals surface area contributed by atoms with Crippen LogP contribution in [0, 0.1) is 5.92 Å². The molecule has 0 aliphatic heterocycles. The molecule has 3 N–H and O–H groups in total. The number of nitrogens with one attached hydrogen (secondary N) is 1. The van der Waals surface area contributed by atoms with Crippen LogP contribution in [0.15, 0.2) is 54.6 Å². The van der Waals surface area contributed by atoms with Gasteiger partial charge in [-0.05, 0) is 42.2 Å². The van der Waals surface area contributed by atoms with Gasteiger partial charge in [0.2, 0.25) is 0 Å². The Morgan fingerprint density at radius 2 is 1.78 bits per heavy atom. The fraction of sp³-hybridized carbons (Fsp3) is 0.278. The predicted molar refractivity (Wildman–Crippen MR) is 88.3 cm³/mol. The van der Waals surface area contributed by atoms with Crippen molar-refractivity contribution < 1.29 is 19.7 Å². The molecular formula is C18H21NO4. The summed E-state index contributed by atoms with van der Waals surface area (Å²) >= 11 is 0. The molecule has 0 heterocycles. The number of anilines is 1. The number of benzene rings is 2. The summed E-state index contributed by atoms with van der Waals surface area (Å²) < 4.78 is 5.55. The third-order valence-electron chi connectivity index (χ3n) is 3.58. The van der Waals surface area contributed by atoms with E-state index in [1.807, 2.05) is 25.1 Å². The van der Waals surface area contributed by atoms with Gasteiger partial charge in [-0.3, -0.25) is 5.32 Å². The molecule has 2 aromatic rings. The molecular weight excluding hydrogens is 294 g/mol. The van der Waals surface area contributed by atoms with Crippen LogP contribution in [-0.2, 0) is 4.74 Å². The number of aromatic hydroxyl groups is 1. The summed E-state index contributed by atoms with van der Waals surface area (Å²) in [4.78, 5) is 12.1. The fourth-order valence-electron chi connectivity index (χ4n) is 2.32. The summed E-state index contributed by atoms with van der Waals surface area (Å²) in [6.45, 7) is 1.92. The van der Waals surface area contributed by atoms with Gasteiger partial charge in [0.1, 0.15) is 11.9 Å².